The van der Waals surface area contributed by atoms with Crippen LogP contribution in [0.3, 0.4) is 0 Å². The van der Waals surface area contributed by atoms with E-state index in [1.807, 2.05) is 17.1 Å². The third kappa shape index (κ3) is 3.72. The van der Waals surface area contributed by atoms with Crippen molar-refractivity contribution in [3.05, 3.63) is 46.4 Å². The van der Waals surface area contributed by atoms with Crippen LogP contribution >= 0.6 is 0 Å². The maximum Gasteiger partial charge on any atom is 0.162 e. The summed E-state index contributed by atoms with van der Waals surface area (Å²) in [6.07, 6.45) is 1.09. The van der Waals surface area contributed by atoms with Crippen molar-refractivity contribution in [1.82, 2.24) is 10.0 Å². The third-order valence-corrected chi connectivity index (χ3v) is 6.38. The van der Waals surface area contributed by atoms with Crippen molar-refractivity contribution in [3.8, 4) is 17.6 Å². The molecule has 1 saturated heterocycles. The first-order valence-electron chi connectivity index (χ1n) is 10.8. The summed E-state index contributed by atoms with van der Waals surface area (Å²) in [6, 6.07) is 7.75. The minimum atomic E-state index is -0.586. The van der Waals surface area contributed by atoms with Gasteiger partial charge in [0.05, 0.1) is 45.0 Å². The molecule has 3 aliphatic rings. The molecule has 0 unspecified atom stereocenters. The maximum atomic E-state index is 13.6. The minimum absolute atomic E-state index is 0.0395. The zero-order chi connectivity index (χ0) is 23.0. The number of methoxy groups -OCH3 is 2. The number of carbonyl (C=O) groups excluding carboxylic acids is 1. The Labute approximate surface area is 188 Å². The van der Waals surface area contributed by atoms with E-state index >= 15 is 0 Å². The molecule has 4 rings (SSSR count). The number of Topliss-reactive ketones (excluding diaryl/α,β-unsaturated/α-hetero) is 1. The van der Waals surface area contributed by atoms with Gasteiger partial charge in [-0.1, -0.05) is 19.9 Å². The third-order valence-electron chi connectivity index (χ3n) is 6.38. The fourth-order valence-electron chi connectivity index (χ4n) is 4.94. The monoisotopic (exact) mass is 438 g/mol. The molecule has 8 heteroatoms. The van der Waals surface area contributed by atoms with E-state index in [1.54, 1.807) is 20.3 Å². The van der Waals surface area contributed by atoms with E-state index in [4.69, 9.17) is 19.9 Å². The minimum Gasteiger partial charge on any atom is -0.497 e. The molecule has 32 heavy (non-hydrogen) atoms. The molecule has 0 saturated carbocycles. The summed E-state index contributed by atoms with van der Waals surface area (Å²) in [4.78, 5) is 13.6. The van der Waals surface area contributed by atoms with E-state index in [2.05, 4.69) is 24.9 Å². The molecule has 1 fully saturated rings. The molecule has 0 bridgehead atoms. The second-order valence-corrected chi connectivity index (χ2v) is 9.13. The van der Waals surface area contributed by atoms with Gasteiger partial charge in [0.25, 0.3) is 0 Å². The van der Waals surface area contributed by atoms with E-state index in [1.165, 1.54) is 0 Å². The summed E-state index contributed by atoms with van der Waals surface area (Å²) >= 11 is 0. The molecule has 0 aromatic heterocycles. The number of benzene rings is 1. The Morgan fingerprint density at radius 2 is 1.91 bits per heavy atom. The van der Waals surface area contributed by atoms with Gasteiger partial charge in [0, 0.05) is 42.4 Å². The Balaban J connectivity index is 1.94. The number of rotatable bonds is 4. The van der Waals surface area contributed by atoms with Crippen LogP contribution in [0.15, 0.2) is 40.9 Å². The Morgan fingerprint density at radius 3 is 2.53 bits per heavy atom. The first kappa shape index (κ1) is 22.2. The van der Waals surface area contributed by atoms with Crippen LogP contribution in [0, 0.1) is 16.7 Å². The van der Waals surface area contributed by atoms with Crippen LogP contribution in [0.25, 0.3) is 0 Å². The second-order valence-electron chi connectivity index (χ2n) is 9.13. The molecular weight excluding hydrogens is 408 g/mol. The molecule has 2 heterocycles. The smallest absolute Gasteiger partial charge is 0.162 e. The molecule has 0 radical (unpaired) electrons. The maximum absolute atomic E-state index is 13.6. The highest BCUT2D eigenvalue weighted by Crippen LogP contribution is 2.51. The van der Waals surface area contributed by atoms with Gasteiger partial charge in [-0.25, -0.2) is 5.01 Å². The number of nitrogens with two attached hydrogens (primary N) is 1. The predicted octanol–water partition coefficient (Wildman–Crippen LogP) is 2.69. The predicted molar refractivity (Wildman–Crippen MR) is 118 cm³/mol. The number of nitrogens with zero attached hydrogens (tertiary/aromatic N) is 3. The highest BCUT2D eigenvalue weighted by atomic mass is 16.5. The number of carbonyl (C=O) groups is 1. The molecule has 1 aliphatic carbocycles. The van der Waals surface area contributed by atoms with Gasteiger partial charge in [0.2, 0.25) is 0 Å². The van der Waals surface area contributed by atoms with Crippen LogP contribution in [-0.2, 0) is 9.53 Å². The molecule has 170 valence electrons. The standard InChI is InChI=1S/C24H30N4O4/c1-24(2)12-18-22(19(29)13-24)21(16-6-5-15(30-3)11-20(16)31-4)17(14-25)23(26)28(18)27-7-9-32-10-8-27/h5-6,11,21H,7-10,12-13,26H2,1-4H3/t21-/m1/s1. The van der Waals surface area contributed by atoms with Crippen molar-refractivity contribution >= 4 is 5.78 Å². The number of hydrazine groups is 1. The van der Waals surface area contributed by atoms with Crippen LogP contribution in [0.4, 0.5) is 0 Å². The zero-order valence-corrected chi connectivity index (χ0v) is 19.1. The molecule has 1 aromatic carbocycles. The molecule has 8 nitrogen and oxygen atoms in total. The van der Waals surface area contributed by atoms with E-state index in [-0.39, 0.29) is 11.2 Å². The number of hydrogen-bond acceptors (Lipinski definition) is 8. The van der Waals surface area contributed by atoms with Crippen LogP contribution in [0.5, 0.6) is 11.5 Å². The lowest BCUT2D eigenvalue weighted by Gasteiger charge is -2.48. The van der Waals surface area contributed by atoms with E-state index in [0.29, 0.717) is 67.6 Å². The first-order chi connectivity index (χ1) is 15.3. The topological polar surface area (TPSA) is 101 Å². The Morgan fingerprint density at radius 1 is 1.19 bits per heavy atom. The second kappa shape index (κ2) is 8.49. The number of morpholine rings is 1. The summed E-state index contributed by atoms with van der Waals surface area (Å²) in [5.74, 6) is 1.01. The molecule has 2 aliphatic heterocycles. The molecule has 2 N–H and O–H groups in total. The number of ether oxygens (including phenoxy) is 3. The van der Waals surface area contributed by atoms with Gasteiger partial charge < -0.3 is 19.9 Å². The van der Waals surface area contributed by atoms with E-state index in [0.717, 1.165) is 11.3 Å². The summed E-state index contributed by atoms with van der Waals surface area (Å²) in [6.45, 7) is 6.61. The van der Waals surface area contributed by atoms with Gasteiger partial charge in [0.1, 0.15) is 17.3 Å². The van der Waals surface area contributed by atoms with Crippen molar-refractivity contribution < 1.29 is 19.0 Å². The average molecular weight is 439 g/mol. The van der Waals surface area contributed by atoms with Crippen molar-refractivity contribution in [2.24, 2.45) is 11.1 Å². The lowest BCUT2D eigenvalue weighted by atomic mass is 9.69. The normalized spacial score (nSPS) is 23.7. The van der Waals surface area contributed by atoms with Gasteiger partial charge >= 0.3 is 0 Å². The fourth-order valence-corrected chi connectivity index (χ4v) is 4.94. The number of nitriles is 1. The molecule has 1 aromatic rings. The summed E-state index contributed by atoms with van der Waals surface area (Å²) < 4.78 is 16.5. The van der Waals surface area contributed by atoms with Crippen LogP contribution in [-0.4, -0.2) is 56.3 Å². The van der Waals surface area contributed by atoms with Gasteiger partial charge in [-0.15, -0.1) is 0 Å². The van der Waals surface area contributed by atoms with Crippen molar-refractivity contribution in [1.29, 1.82) is 5.26 Å². The van der Waals surface area contributed by atoms with Gasteiger partial charge in [-0.2, -0.15) is 5.26 Å². The van der Waals surface area contributed by atoms with Gasteiger partial charge in [0.15, 0.2) is 5.78 Å². The average Bonchev–Trinajstić information content (AvgIpc) is 2.77. The lowest BCUT2D eigenvalue weighted by molar-refractivity contribution is -0.119. The molecular formula is C24H30N4O4. The Hall–Kier alpha value is -3.02. The SMILES string of the molecule is COc1ccc([C@@H]2C(C#N)=C(N)N(N3CCOCC3)C3=C2C(=O)CC(C)(C)C3)c(OC)c1. The van der Waals surface area contributed by atoms with Crippen molar-refractivity contribution in [2.75, 3.05) is 40.5 Å². The summed E-state index contributed by atoms with van der Waals surface area (Å²) in [7, 11) is 3.16. The van der Waals surface area contributed by atoms with Crippen LogP contribution < -0.4 is 15.2 Å². The number of ketones is 1. The Kier molecular flexibility index (Phi) is 5.89. The molecule has 1 atom stereocenters. The highest BCUT2D eigenvalue weighted by molar-refractivity contribution is 6.00. The quantitative estimate of drug-likeness (QED) is 0.766. The Bertz CT molecular complexity index is 1030. The number of hydrogen-bond donors (Lipinski definition) is 1. The van der Waals surface area contributed by atoms with Crippen LogP contribution in [0.2, 0.25) is 0 Å². The largest absolute Gasteiger partial charge is 0.497 e. The lowest BCUT2D eigenvalue weighted by Crippen LogP contribution is -2.53. The van der Waals surface area contributed by atoms with E-state index < -0.39 is 5.92 Å². The summed E-state index contributed by atoms with van der Waals surface area (Å²) in [5.41, 5.74) is 9.04. The fraction of sp³-hybridized carbons (Fsp3) is 0.500. The van der Waals surface area contributed by atoms with Crippen LogP contribution in [0.1, 0.15) is 38.2 Å². The van der Waals surface area contributed by atoms with E-state index in [9.17, 15) is 10.1 Å². The van der Waals surface area contributed by atoms with Gasteiger partial charge in [-0.3, -0.25) is 9.80 Å². The first-order valence-corrected chi connectivity index (χ1v) is 10.8. The van der Waals surface area contributed by atoms with Crippen molar-refractivity contribution in [2.45, 2.75) is 32.6 Å². The molecule has 0 amide bonds. The van der Waals surface area contributed by atoms with Gasteiger partial charge in [-0.05, 0) is 17.9 Å². The summed E-state index contributed by atoms with van der Waals surface area (Å²) in [5, 5.41) is 14.2. The highest BCUT2D eigenvalue weighted by Gasteiger charge is 2.46. The zero-order valence-electron chi connectivity index (χ0n) is 19.1. The molecule has 0 spiro atoms. The van der Waals surface area contributed by atoms with Crippen molar-refractivity contribution in [3.63, 3.8) is 0 Å². The number of allylic oxidation sites excluding steroid dienone is 3.